The van der Waals surface area contributed by atoms with Crippen LogP contribution in [0.2, 0.25) is 0 Å². The molecule has 1 aromatic carbocycles. The predicted octanol–water partition coefficient (Wildman–Crippen LogP) is 3.62. The van der Waals surface area contributed by atoms with E-state index in [9.17, 15) is 13.6 Å². The first-order chi connectivity index (χ1) is 9.61. The minimum absolute atomic E-state index is 0.0919. The largest absolute Gasteiger partial charge is 0.324 e. The van der Waals surface area contributed by atoms with Crippen LogP contribution in [-0.4, -0.2) is 24.0 Å². The van der Waals surface area contributed by atoms with Gasteiger partial charge in [0.1, 0.15) is 11.6 Å². The molecular formula is C15H18F2N2O. The third-order valence-corrected chi connectivity index (χ3v) is 4.31. The van der Waals surface area contributed by atoms with Crippen LogP contribution >= 0.6 is 0 Å². The van der Waals surface area contributed by atoms with Crippen molar-refractivity contribution in [1.29, 1.82) is 0 Å². The number of fused-ring (bicyclic) bond motifs is 2. The first-order valence-corrected chi connectivity index (χ1v) is 7.13. The molecule has 0 unspecified atom stereocenters. The van der Waals surface area contributed by atoms with Gasteiger partial charge in [-0.05, 0) is 43.2 Å². The fraction of sp³-hybridized carbons (Fsp3) is 0.533. The van der Waals surface area contributed by atoms with E-state index in [2.05, 4.69) is 5.32 Å². The van der Waals surface area contributed by atoms with Crippen molar-refractivity contribution in [1.82, 2.24) is 4.90 Å². The summed E-state index contributed by atoms with van der Waals surface area (Å²) in [4.78, 5) is 13.9. The molecule has 0 aromatic heterocycles. The monoisotopic (exact) mass is 280 g/mol. The van der Waals surface area contributed by atoms with Gasteiger partial charge in [-0.15, -0.1) is 0 Å². The number of nitrogens with zero attached hydrogens (tertiary/aromatic N) is 1. The van der Waals surface area contributed by atoms with Crippen LogP contribution in [0.25, 0.3) is 0 Å². The molecule has 2 bridgehead atoms. The van der Waals surface area contributed by atoms with E-state index < -0.39 is 11.6 Å². The first-order valence-electron chi connectivity index (χ1n) is 7.13. The third-order valence-electron chi connectivity index (χ3n) is 4.31. The molecule has 1 aliphatic heterocycles. The van der Waals surface area contributed by atoms with E-state index in [0.29, 0.717) is 11.8 Å². The summed E-state index contributed by atoms with van der Waals surface area (Å²) in [7, 11) is 0. The summed E-state index contributed by atoms with van der Waals surface area (Å²) >= 11 is 0. The molecule has 1 N–H and O–H groups in total. The van der Waals surface area contributed by atoms with E-state index in [-0.39, 0.29) is 11.7 Å². The van der Waals surface area contributed by atoms with Gasteiger partial charge in [-0.3, -0.25) is 0 Å². The second-order valence-electron chi connectivity index (χ2n) is 5.86. The zero-order valence-electron chi connectivity index (χ0n) is 11.2. The highest BCUT2D eigenvalue weighted by atomic mass is 19.1. The number of carbonyl (C=O) groups is 1. The zero-order valence-corrected chi connectivity index (χ0v) is 11.2. The molecule has 0 spiro atoms. The molecule has 20 heavy (non-hydrogen) atoms. The van der Waals surface area contributed by atoms with Crippen molar-refractivity contribution < 1.29 is 13.6 Å². The number of amides is 2. The van der Waals surface area contributed by atoms with Crippen LogP contribution in [0.4, 0.5) is 19.3 Å². The highest BCUT2D eigenvalue weighted by Gasteiger charge is 2.32. The molecule has 2 aliphatic rings. The zero-order chi connectivity index (χ0) is 14.1. The summed E-state index contributed by atoms with van der Waals surface area (Å²) in [6.45, 7) is 1.44. The van der Waals surface area contributed by atoms with E-state index in [0.717, 1.165) is 44.1 Å². The molecule has 3 rings (SSSR count). The lowest BCUT2D eigenvalue weighted by atomic mass is 9.78. The summed E-state index contributed by atoms with van der Waals surface area (Å²) < 4.78 is 26.6. The minimum Gasteiger partial charge on any atom is -0.324 e. The number of rotatable bonds is 1. The van der Waals surface area contributed by atoms with Crippen LogP contribution in [-0.2, 0) is 0 Å². The highest BCUT2D eigenvalue weighted by molar-refractivity contribution is 5.89. The van der Waals surface area contributed by atoms with Crippen LogP contribution in [0.1, 0.15) is 25.7 Å². The molecule has 5 heteroatoms. The van der Waals surface area contributed by atoms with Gasteiger partial charge in [0.15, 0.2) is 0 Å². The molecule has 108 valence electrons. The van der Waals surface area contributed by atoms with Gasteiger partial charge in [0.2, 0.25) is 0 Å². The fourth-order valence-electron chi connectivity index (χ4n) is 3.39. The van der Waals surface area contributed by atoms with E-state index in [1.54, 1.807) is 4.90 Å². The maximum absolute atomic E-state index is 13.5. The topological polar surface area (TPSA) is 32.3 Å². The Kier molecular flexibility index (Phi) is 3.59. The number of hydrogen-bond donors (Lipinski definition) is 1. The standard InChI is InChI=1S/C15H18F2N2O/c16-12-4-5-13(17)14(7-12)18-15(20)19-8-10-2-1-3-11(6-10)9-19/h4-5,7,10-11H,1-3,6,8-9H2,(H,18,20)/t10-,11-/m0/s1. The number of nitrogens with one attached hydrogen (secondary N) is 1. The molecule has 1 saturated carbocycles. The molecule has 1 aliphatic carbocycles. The lowest BCUT2D eigenvalue weighted by molar-refractivity contribution is 0.109. The normalized spacial score (nSPS) is 25.4. The van der Waals surface area contributed by atoms with Crippen LogP contribution < -0.4 is 5.32 Å². The Bertz CT molecular complexity index is 509. The second-order valence-corrected chi connectivity index (χ2v) is 5.86. The Morgan fingerprint density at radius 1 is 1.20 bits per heavy atom. The van der Waals surface area contributed by atoms with Gasteiger partial charge in [-0.2, -0.15) is 0 Å². The smallest absolute Gasteiger partial charge is 0.321 e. The molecule has 1 heterocycles. The number of anilines is 1. The Labute approximate surface area is 117 Å². The molecule has 3 nitrogen and oxygen atoms in total. The Hall–Kier alpha value is -1.65. The molecule has 2 fully saturated rings. The summed E-state index contributed by atoms with van der Waals surface area (Å²) in [6.07, 6.45) is 4.75. The van der Waals surface area contributed by atoms with Gasteiger partial charge in [0, 0.05) is 19.2 Å². The van der Waals surface area contributed by atoms with E-state index in [1.807, 2.05) is 0 Å². The van der Waals surface area contributed by atoms with Crippen molar-refractivity contribution in [2.45, 2.75) is 25.7 Å². The average molecular weight is 280 g/mol. The number of piperidine rings is 1. The fourth-order valence-corrected chi connectivity index (χ4v) is 3.39. The number of halogens is 2. The van der Waals surface area contributed by atoms with Crippen molar-refractivity contribution in [3.8, 4) is 0 Å². The number of benzene rings is 1. The Balaban J connectivity index is 1.68. The summed E-state index contributed by atoms with van der Waals surface area (Å²) in [5.41, 5.74) is -0.0919. The average Bonchev–Trinajstić information content (AvgIpc) is 2.42. The van der Waals surface area contributed by atoms with Gasteiger partial charge in [-0.25, -0.2) is 13.6 Å². The highest BCUT2D eigenvalue weighted by Crippen LogP contribution is 2.34. The summed E-state index contributed by atoms with van der Waals surface area (Å²) in [5, 5.41) is 2.48. The quantitative estimate of drug-likeness (QED) is 0.837. The van der Waals surface area contributed by atoms with Crippen molar-refractivity contribution in [3.63, 3.8) is 0 Å². The van der Waals surface area contributed by atoms with Crippen LogP contribution in [0.15, 0.2) is 18.2 Å². The van der Waals surface area contributed by atoms with Crippen molar-refractivity contribution >= 4 is 11.7 Å². The van der Waals surface area contributed by atoms with Crippen LogP contribution in [0.5, 0.6) is 0 Å². The maximum atomic E-state index is 13.5. The lowest BCUT2D eigenvalue weighted by Crippen LogP contribution is -2.47. The van der Waals surface area contributed by atoms with Gasteiger partial charge >= 0.3 is 6.03 Å². The second kappa shape index (κ2) is 5.38. The number of urea groups is 1. The number of likely N-dealkylation sites (tertiary alicyclic amines) is 1. The molecule has 2 amide bonds. The molecule has 1 saturated heterocycles. The van der Waals surface area contributed by atoms with E-state index in [1.165, 1.54) is 12.8 Å². The first kappa shape index (κ1) is 13.3. The van der Waals surface area contributed by atoms with Crippen molar-refractivity contribution in [2.24, 2.45) is 11.8 Å². The van der Waals surface area contributed by atoms with Gasteiger partial charge in [0.05, 0.1) is 5.69 Å². The van der Waals surface area contributed by atoms with Crippen molar-refractivity contribution in [2.75, 3.05) is 18.4 Å². The Morgan fingerprint density at radius 2 is 1.90 bits per heavy atom. The third kappa shape index (κ3) is 2.76. The van der Waals surface area contributed by atoms with Gasteiger partial charge in [-0.1, -0.05) is 6.42 Å². The summed E-state index contributed by atoms with van der Waals surface area (Å²) in [6, 6.07) is 2.75. The predicted molar refractivity (Wildman–Crippen MR) is 72.4 cm³/mol. The van der Waals surface area contributed by atoms with Gasteiger partial charge < -0.3 is 10.2 Å². The molecule has 1 aromatic rings. The van der Waals surface area contributed by atoms with Crippen LogP contribution in [0.3, 0.4) is 0 Å². The SMILES string of the molecule is O=C(Nc1cc(F)ccc1F)N1C[C@H]2CCC[C@@H](C2)C1. The van der Waals surface area contributed by atoms with E-state index >= 15 is 0 Å². The van der Waals surface area contributed by atoms with Gasteiger partial charge in [0.25, 0.3) is 0 Å². The Morgan fingerprint density at radius 3 is 2.60 bits per heavy atom. The van der Waals surface area contributed by atoms with Crippen LogP contribution in [0, 0.1) is 23.5 Å². The maximum Gasteiger partial charge on any atom is 0.321 e. The minimum atomic E-state index is -0.614. The molecular weight excluding hydrogens is 262 g/mol. The van der Waals surface area contributed by atoms with E-state index in [4.69, 9.17) is 0 Å². The summed E-state index contributed by atoms with van der Waals surface area (Å²) in [5.74, 6) is -0.0506. The number of carbonyl (C=O) groups excluding carboxylic acids is 1. The lowest BCUT2D eigenvalue weighted by Gasteiger charge is -2.41. The van der Waals surface area contributed by atoms with Crippen molar-refractivity contribution in [3.05, 3.63) is 29.8 Å². The molecule has 0 radical (unpaired) electrons. The number of hydrogen-bond acceptors (Lipinski definition) is 1. The molecule has 2 atom stereocenters.